The molecule has 27 heavy (non-hydrogen) atoms. The molecule has 1 heterocycles. The summed E-state index contributed by atoms with van der Waals surface area (Å²) in [4.78, 5) is 27.7. The Morgan fingerprint density at radius 3 is 2.37 bits per heavy atom. The molecule has 3 nitrogen and oxygen atoms in total. The van der Waals surface area contributed by atoms with E-state index in [1.165, 1.54) is 5.56 Å². The molecule has 0 fully saturated rings. The fourth-order valence-corrected chi connectivity index (χ4v) is 4.28. The van der Waals surface area contributed by atoms with Crippen LogP contribution in [0.4, 0.5) is 5.69 Å². The number of aryl methyl sites for hydroxylation is 1. The van der Waals surface area contributed by atoms with Crippen LogP contribution in [0.2, 0.25) is 5.02 Å². The van der Waals surface area contributed by atoms with Crippen molar-refractivity contribution in [2.24, 2.45) is 0 Å². The Labute approximate surface area is 164 Å². The first-order valence-corrected chi connectivity index (χ1v) is 9.90. The average Bonchev–Trinajstić information content (AvgIpc) is 2.68. The van der Waals surface area contributed by atoms with Crippen molar-refractivity contribution in [2.75, 3.05) is 4.90 Å². The van der Waals surface area contributed by atoms with Gasteiger partial charge in [-0.3, -0.25) is 14.5 Å². The van der Waals surface area contributed by atoms with Crippen LogP contribution in [0, 0.1) is 0 Å². The smallest absolute Gasteiger partial charge is 0.232 e. The molecule has 2 aliphatic rings. The lowest BCUT2D eigenvalue weighted by molar-refractivity contribution is -0.119. The van der Waals surface area contributed by atoms with Crippen LogP contribution in [0.25, 0.3) is 0 Å². The van der Waals surface area contributed by atoms with E-state index in [2.05, 4.69) is 19.1 Å². The van der Waals surface area contributed by atoms with Crippen LogP contribution < -0.4 is 4.90 Å². The standard InChI is InChI=1S/C23H22ClNO2/c1-2-15-6-12-18(13-7-15)25-20-4-3-5-21(26)23(20)19(14-22(25)27)16-8-10-17(24)11-9-16/h6-13,19H,2-5,14H2,1H3. The van der Waals surface area contributed by atoms with E-state index in [-0.39, 0.29) is 17.6 Å². The zero-order valence-electron chi connectivity index (χ0n) is 15.4. The Kier molecular flexibility index (Phi) is 4.88. The summed E-state index contributed by atoms with van der Waals surface area (Å²) in [7, 11) is 0. The van der Waals surface area contributed by atoms with Crippen LogP contribution in [0.5, 0.6) is 0 Å². The second-order valence-electron chi connectivity index (χ2n) is 7.19. The van der Waals surface area contributed by atoms with Gasteiger partial charge >= 0.3 is 0 Å². The molecule has 1 atom stereocenters. The van der Waals surface area contributed by atoms with Gasteiger partial charge in [0.15, 0.2) is 5.78 Å². The lowest BCUT2D eigenvalue weighted by Gasteiger charge is -2.38. The summed E-state index contributed by atoms with van der Waals surface area (Å²) in [6.07, 6.45) is 3.37. The maximum atomic E-state index is 13.1. The first kappa shape index (κ1) is 18.0. The zero-order valence-corrected chi connectivity index (χ0v) is 16.1. The number of hydrogen-bond acceptors (Lipinski definition) is 2. The van der Waals surface area contributed by atoms with Crippen molar-refractivity contribution in [3.63, 3.8) is 0 Å². The normalized spacial score (nSPS) is 20.1. The van der Waals surface area contributed by atoms with Gasteiger partial charge in [0.1, 0.15) is 0 Å². The third-order valence-corrected chi connectivity index (χ3v) is 5.80. The number of carbonyl (C=O) groups excluding carboxylic acids is 2. The second kappa shape index (κ2) is 7.32. The highest BCUT2D eigenvalue weighted by Gasteiger charge is 2.39. The molecule has 1 amide bonds. The van der Waals surface area contributed by atoms with Crippen LogP contribution in [0.15, 0.2) is 59.8 Å². The lowest BCUT2D eigenvalue weighted by atomic mass is 9.77. The Balaban J connectivity index is 1.81. The monoisotopic (exact) mass is 379 g/mol. The van der Waals surface area contributed by atoms with Gasteiger partial charge in [-0.25, -0.2) is 0 Å². The third kappa shape index (κ3) is 3.32. The summed E-state index contributed by atoms with van der Waals surface area (Å²) in [5.41, 5.74) is 4.76. The minimum absolute atomic E-state index is 0.0487. The van der Waals surface area contributed by atoms with Crippen LogP contribution in [0.3, 0.4) is 0 Å². The number of ketones is 1. The fourth-order valence-electron chi connectivity index (χ4n) is 4.15. The van der Waals surface area contributed by atoms with Crippen LogP contribution in [-0.2, 0) is 16.0 Å². The van der Waals surface area contributed by atoms with Crippen LogP contribution in [-0.4, -0.2) is 11.7 Å². The van der Waals surface area contributed by atoms with Crippen molar-refractivity contribution >= 4 is 29.0 Å². The molecular weight excluding hydrogens is 358 g/mol. The fraction of sp³-hybridized carbons (Fsp3) is 0.304. The van der Waals surface area contributed by atoms with E-state index in [1.807, 2.05) is 36.4 Å². The van der Waals surface area contributed by atoms with Crippen molar-refractivity contribution in [3.8, 4) is 0 Å². The quantitative estimate of drug-likeness (QED) is 0.713. The molecule has 4 heteroatoms. The van der Waals surface area contributed by atoms with Crippen molar-refractivity contribution in [1.82, 2.24) is 0 Å². The first-order chi connectivity index (χ1) is 13.1. The predicted molar refractivity (Wildman–Crippen MR) is 108 cm³/mol. The van der Waals surface area contributed by atoms with Gasteiger partial charge in [-0.05, 0) is 54.7 Å². The molecule has 1 aliphatic carbocycles. The first-order valence-electron chi connectivity index (χ1n) is 9.52. The molecule has 0 radical (unpaired) electrons. The zero-order chi connectivity index (χ0) is 19.0. The number of amides is 1. The summed E-state index contributed by atoms with van der Waals surface area (Å²) in [5, 5.41) is 0.655. The second-order valence-corrected chi connectivity index (χ2v) is 7.63. The molecule has 0 saturated carbocycles. The van der Waals surface area contributed by atoms with E-state index in [0.29, 0.717) is 17.9 Å². The molecule has 0 aromatic heterocycles. The number of benzene rings is 2. The Bertz CT molecular complexity index is 912. The summed E-state index contributed by atoms with van der Waals surface area (Å²) in [6.45, 7) is 2.11. The van der Waals surface area contributed by atoms with Gasteiger partial charge in [0.25, 0.3) is 0 Å². The number of carbonyl (C=O) groups is 2. The summed E-state index contributed by atoms with van der Waals surface area (Å²) < 4.78 is 0. The predicted octanol–water partition coefficient (Wildman–Crippen LogP) is 5.43. The third-order valence-electron chi connectivity index (χ3n) is 5.55. The van der Waals surface area contributed by atoms with Gasteiger partial charge in [0, 0.05) is 40.7 Å². The Hall–Kier alpha value is -2.39. The number of nitrogens with zero attached hydrogens (tertiary/aromatic N) is 1. The highest BCUT2D eigenvalue weighted by molar-refractivity contribution is 6.30. The minimum Gasteiger partial charge on any atom is -0.294 e. The molecule has 0 bridgehead atoms. The largest absolute Gasteiger partial charge is 0.294 e. The summed E-state index contributed by atoms with van der Waals surface area (Å²) in [5.74, 6) is 0.0373. The number of hydrogen-bond donors (Lipinski definition) is 0. The van der Waals surface area contributed by atoms with E-state index in [0.717, 1.165) is 41.8 Å². The molecule has 1 aliphatic heterocycles. The maximum absolute atomic E-state index is 13.1. The highest BCUT2D eigenvalue weighted by atomic mass is 35.5. The Morgan fingerprint density at radius 2 is 1.70 bits per heavy atom. The summed E-state index contributed by atoms with van der Waals surface area (Å²) >= 11 is 6.02. The van der Waals surface area contributed by atoms with E-state index in [4.69, 9.17) is 11.6 Å². The molecule has 4 rings (SSSR count). The SMILES string of the molecule is CCc1ccc(N2C(=O)CC(c3ccc(Cl)cc3)C3=C2CCCC3=O)cc1. The molecule has 0 spiro atoms. The van der Waals surface area contributed by atoms with E-state index >= 15 is 0 Å². The number of allylic oxidation sites excluding steroid dienone is 2. The van der Waals surface area contributed by atoms with Gasteiger partial charge in [0.05, 0.1) is 0 Å². The van der Waals surface area contributed by atoms with E-state index in [9.17, 15) is 9.59 Å². The van der Waals surface area contributed by atoms with Gasteiger partial charge < -0.3 is 0 Å². The lowest BCUT2D eigenvalue weighted by Crippen LogP contribution is -2.40. The van der Waals surface area contributed by atoms with Crippen molar-refractivity contribution in [2.45, 2.75) is 44.9 Å². The van der Waals surface area contributed by atoms with Gasteiger partial charge in [-0.1, -0.05) is 42.8 Å². The number of halogens is 1. The molecule has 2 aromatic rings. The molecule has 0 saturated heterocycles. The molecule has 138 valence electrons. The van der Waals surface area contributed by atoms with Crippen molar-refractivity contribution in [3.05, 3.63) is 76.0 Å². The number of anilines is 1. The summed E-state index contributed by atoms with van der Waals surface area (Å²) in [6, 6.07) is 15.6. The van der Waals surface area contributed by atoms with E-state index in [1.54, 1.807) is 4.90 Å². The molecule has 0 N–H and O–H groups in total. The topological polar surface area (TPSA) is 37.4 Å². The highest BCUT2D eigenvalue weighted by Crippen LogP contribution is 2.43. The maximum Gasteiger partial charge on any atom is 0.232 e. The van der Waals surface area contributed by atoms with Crippen LogP contribution >= 0.6 is 11.6 Å². The minimum atomic E-state index is -0.177. The van der Waals surface area contributed by atoms with Crippen molar-refractivity contribution < 1.29 is 9.59 Å². The van der Waals surface area contributed by atoms with Gasteiger partial charge in [-0.2, -0.15) is 0 Å². The number of Topliss-reactive ketones (excluding diaryl/α,β-unsaturated/α-hetero) is 1. The van der Waals surface area contributed by atoms with Crippen molar-refractivity contribution in [1.29, 1.82) is 0 Å². The van der Waals surface area contributed by atoms with Gasteiger partial charge in [-0.15, -0.1) is 0 Å². The number of rotatable bonds is 3. The van der Waals surface area contributed by atoms with Crippen LogP contribution in [0.1, 0.15) is 49.7 Å². The molecule has 1 unspecified atom stereocenters. The average molecular weight is 380 g/mol. The Morgan fingerprint density at radius 1 is 1.00 bits per heavy atom. The molecular formula is C23H22ClNO2. The van der Waals surface area contributed by atoms with E-state index < -0.39 is 0 Å². The molecule has 2 aromatic carbocycles. The van der Waals surface area contributed by atoms with Gasteiger partial charge in [0.2, 0.25) is 5.91 Å².